The van der Waals surface area contributed by atoms with Crippen LogP contribution < -0.4 is 21.7 Å². The van der Waals surface area contributed by atoms with Gasteiger partial charge >= 0.3 is 12.1 Å². The van der Waals surface area contributed by atoms with Crippen LogP contribution in [0.15, 0.2) is 24.3 Å². The van der Waals surface area contributed by atoms with Crippen LogP contribution in [0.2, 0.25) is 0 Å². The van der Waals surface area contributed by atoms with Gasteiger partial charge in [-0.3, -0.25) is 0 Å². The van der Waals surface area contributed by atoms with Crippen molar-refractivity contribution in [3.05, 3.63) is 29.8 Å². The molecule has 0 radical (unpaired) electrons. The molecule has 20 heavy (non-hydrogen) atoms. The number of nitrogens with zero attached hydrogens (tertiary/aromatic N) is 1. The van der Waals surface area contributed by atoms with Gasteiger partial charge in [0.25, 0.3) is 0 Å². The highest BCUT2D eigenvalue weighted by atomic mass is 16.2. The molecule has 5 N–H and O–H groups in total. The third-order valence-electron chi connectivity index (χ3n) is 3.06. The Morgan fingerprint density at radius 1 is 1.35 bits per heavy atom. The third kappa shape index (κ3) is 3.86. The second-order valence-corrected chi connectivity index (χ2v) is 4.50. The molecule has 0 aliphatic carbocycles. The zero-order valence-electron chi connectivity index (χ0n) is 11.2. The predicted octanol–water partition coefficient (Wildman–Crippen LogP) is 0.292. The molecule has 1 saturated heterocycles. The van der Waals surface area contributed by atoms with Crippen molar-refractivity contribution < 1.29 is 9.59 Å². The van der Waals surface area contributed by atoms with Gasteiger partial charge in [0.2, 0.25) is 0 Å². The summed E-state index contributed by atoms with van der Waals surface area (Å²) < 4.78 is 0. The minimum atomic E-state index is -0.287. The third-order valence-corrected chi connectivity index (χ3v) is 3.06. The molecule has 0 unspecified atom stereocenters. The smallest absolute Gasteiger partial charge is 0.319 e. The molecule has 0 spiro atoms. The maximum absolute atomic E-state index is 11.7. The van der Waals surface area contributed by atoms with E-state index < -0.39 is 0 Å². The maximum Gasteiger partial charge on any atom is 0.319 e. The van der Waals surface area contributed by atoms with Gasteiger partial charge in [0.1, 0.15) is 0 Å². The van der Waals surface area contributed by atoms with E-state index in [9.17, 15) is 9.59 Å². The molecule has 0 atom stereocenters. The Morgan fingerprint density at radius 3 is 2.70 bits per heavy atom. The molecule has 7 heteroatoms. The van der Waals surface area contributed by atoms with E-state index in [0.717, 1.165) is 5.56 Å². The van der Waals surface area contributed by atoms with E-state index in [-0.39, 0.29) is 12.1 Å². The van der Waals surface area contributed by atoms with E-state index in [1.54, 1.807) is 17.0 Å². The molecule has 4 amide bonds. The van der Waals surface area contributed by atoms with Crippen LogP contribution in [0.4, 0.5) is 15.3 Å². The quantitative estimate of drug-likeness (QED) is 0.622. The van der Waals surface area contributed by atoms with Gasteiger partial charge in [0, 0.05) is 38.4 Å². The molecule has 108 valence electrons. The molecule has 7 nitrogen and oxygen atoms in total. The molecule has 1 aromatic rings. The Labute approximate surface area is 117 Å². The van der Waals surface area contributed by atoms with Gasteiger partial charge in [-0.15, -0.1) is 0 Å². The minimum absolute atomic E-state index is 0.0791. The van der Waals surface area contributed by atoms with E-state index in [4.69, 9.17) is 5.73 Å². The summed E-state index contributed by atoms with van der Waals surface area (Å²) in [6.07, 6.45) is 0. The molecule has 0 bridgehead atoms. The second kappa shape index (κ2) is 6.76. The lowest BCUT2D eigenvalue weighted by Gasteiger charge is -2.14. The highest BCUT2D eigenvalue weighted by Gasteiger charge is 2.18. The van der Waals surface area contributed by atoms with Crippen LogP contribution in [-0.4, -0.2) is 43.1 Å². The molecular formula is C13H19N5O2. The summed E-state index contributed by atoms with van der Waals surface area (Å²) in [4.78, 5) is 24.6. The van der Waals surface area contributed by atoms with Crippen molar-refractivity contribution in [2.24, 2.45) is 5.73 Å². The van der Waals surface area contributed by atoms with Crippen LogP contribution in [0, 0.1) is 0 Å². The predicted molar refractivity (Wildman–Crippen MR) is 76.3 cm³/mol. The number of nitrogens with two attached hydrogens (primary N) is 1. The van der Waals surface area contributed by atoms with Gasteiger partial charge in [-0.2, -0.15) is 0 Å². The number of carbonyl (C=O) groups is 2. The van der Waals surface area contributed by atoms with Gasteiger partial charge in [0.15, 0.2) is 0 Å². The van der Waals surface area contributed by atoms with Crippen molar-refractivity contribution >= 4 is 17.7 Å². The lowest BCUT2D eigenvalue weighted by atomic mass is 10.2. The summed E-state index contributed by atoms with van der Waals surface area (Å²) >= 11 is 0. The van der Waals surface area contributed by atoms with Crippen LogP contribution in [0.25, 0.3) is 0 Å². The van der Waals surface area contributed by atoms with Crippen LogP contribution in [0.5, 0.6) is 0 Å². The summed E-state index contributed by atoms with van der Waals surface area (Å²) in [5, 5.41) is 8.14. The van der Waals surface area contributed by atoms with Crippen LogP contribution in [0.1, 0.15) is 5.56 Å². The summed E-state index contributed by atoms with van der Waals surface area (Å²) in [6, 6.07) is 6.97. The number of hydrogen-bond donors (Lipinski definition) is 4. The van der Waals surface area contributed by atoms with Crippen molar-refractivity contribution in [1.29, 1.82) is 0 Å². The van der Waals surface area contributed by atoms with Crippen molar-refractivity contribution in [2.75, 3.05) is 31.5 Å². The number of anilines is 1. The molecule has 0 aromatic heterocycles. The first-order valence-corrected chi connectivity index (χ1v) is 6.55. The molecule has 1 heterocycles. The van der Waals surface area contributed by atoms with Gasteiger partial charge in [-0.1, -0.05) is 12.1 Å². The van der Waals surface area contributed by atoms with E-state index in [0.29, 0.717) is 38.4 Å². The number of hydrogen-bond acceptors (Lipinski definition) is 3. The van der Waals surface area contributed by atoms with Gasteiger partial charge < -0.3 is 26.6 Å². The zero-order chi connectivity index (χ0) is 14.4. The first-order valence-electron chi connectivity index (χ1n) is 6.55. The number of carbonyl (C=O) groups excluding carboxylic acids is 2. The average molecular weight is 277 g/mol. The number of rotatable bonds is 5. The fourth-order valence-corrected chi connectivity index (χ4v) is 1.93. The molecule has 0 saturated carbocycles. The summed E-state index contributed by atoms with van der Waals surface area (Å²) in [7, 11) is 0. The van der Waals surface area contributed by atoms with Gasteiger partial charge in [-0.25, -0.2) is 9.59 Å². The Bertz CT molecular complexity index is 474. The van der Waals surface area contributed by atoms with Crippen LogP contribution in [0.3, 0.4) is 0 Å². The van der Waals surface area contributed by atoms with Crippen molar-refractivity contribution in [1.82, 2.24) is 15.5 Å². The number of amides is 4. The van der Waals surface area contributed by atoms with Gasteiger partial charge in [0.05, 0.1) is 0 Å². The lowest BCUT2D eigenvalue weighted by Crippen LogP contribution is -2.38. The monoisotopic (exact) mass is 277 g/mol. The Hall–Kier alpha value is -2.28. The second-order valence-electron chi connectivity index (χ2n) is 4.50. The summed E-state index contributed by atoms with van der Waals surface area (Å²) in [5.41, 5.74) is 7.22. The Morgan fingerprint density at radius 2 is 2.10 bits per heavy atom. The highest BCUT2D eigenvalue weighted by molar-refractivity contribution is 5.89. The number of urea groups is 2. The normalized spacial score (nSPS) is 14.1. The molecular weight excluding hydrogens is 258 g/mol. The first kappa shape index (κ1) is 14.1. The summed E-state index contributed by atoms with van der Waals surface area (Å²) in [5.74, 6) is 0. The van der Waals surface area contributed by atoms with Crippen molar-refractivity contribution in [3.8, 4) is 0 Å². The fraction of sp³-hybridized carbons (Fsp3) is 0.385. The molecule has 1 fully saturated rings. The topological polar surface area (TPSA) is 99.5 Å². The van der Waals surface area contributed by atoms with Crippen LogP contribution >= 0.6 is 0 Å². The standard InChI is InChI=1S/C13H19N5O2/c14-9-10-1-3-11(4-2-10)17-12(19)15-5-7-18-8-6-16-13(18)20/h1-4H,5-9,14H2,(H,16,20)(H2,15,17,19). The van der Waals surface area contributed by atoms with Crippen LogP contribution in [-0.2, 0) is 6.54 Å². The highest BCUT2D eigenvalue weighted by Crippen LogP contribution is 2.08. The van der Waals surface area contributed by atoms with E-state index >= 15 is 0 Å². The molecule has 1 aliphatic heterocycles. The van der Waals surface area contributed by atoms with Gasteiger partial charge in [-0.05, 0) is 17.7 Å². The lowest BCUT2D eigenvalue weighted by molar-refractivity contribution is 0.216. The molecule has 1 aliphatic rings. The largest absolute Gasteiger partial charge is 0.336 e. The van der Waals surface area contributed by atoms with E-state index in [1.165, 1.54) is 0 Å². The minimum Gasteiger partial charge on any atom is -0.336 e. The zero-order valence-corrected chi connectivity index (χ0v) is 11.2. The molecule has 1 aromatic carbocycles. The molecule has 2 rings (SSSR count). The summed E-state index contributed by atoms with van der Waals surface area (Å²) in [6.45, 7) is 2.75. The Balaban J connectivity index is 1.70. The Kier molecular flexibility index (Phi) is 4.78. The first-order chi connectivity index (χ1) is 9.69. The fourth-order valence-electron chi connectivity index (χ4n) is 1.93. The number of nitrogens with one attached hydrogen (secondary N) is 3. The van der Waals surface area contributed by atoms with Crippen molar-refractivity contribution in [2.45, 2.75) is 6.54 Å². The maximum atomic E-state index is 11.7. The van der Waals surface area contributed by atoms with E-state index in [1.807, 2.05) is 12.1 Å². The van der Waals surface area contributed by atoms with Crippen molar-refractivity contribution in [3.63, 3.8) is 0 Å². The number of benzene rings is 1. The van der Waals surface area contributed by atoms with E-state index in [2.05, 4.69) is 16.0 Å². The average Bonchev–Trinajstić information content (AvgIpc) is 2.85. The SMILES string of the molecule is NCc1ccc(NC(=O)NCCN2CCNC2=O)cc1.